The first kappa shape index (κ1) is 14.1. The fourth-order valence-corrected chi connectivity index (χ4v) is 2.09. The van der Waals surface area contributed by atoms with E-state index in [1.54, 1.807) is 11.0 Å². The number of nitrogens with one attached hydrogen (secondary N) is 1. The average molecular weight is 277 g/mol. The molecule has 1 aromatic carbocycles. The maximum absolute atomic E-state index is 12.1. The summed E-state index contributed by atoms with van der Waals surface area (Å²) in [6.07, 6.45) is 0.786. The van der Waals surface area contributed by atoms with Crippen molar-refractivity contribution in [1.82, 2.24) is 10.2 Å². The molecule has 1 aliphatic rings. The van der Waals surface area contributed by atoms with Gasteiger partial charge in [-0.05, 0) is 6.42 Å². The van der Waals surface area contributed by atoms with Crippen LogP contribution in [0.5, 0.6) is 0 Å². The van der Waals surface area contributed by atoms with Gasteiger partial charge in [0.15, 0.2) is 5.78 Å². The fraction of sp³-hybridized carbons (Fsp3) is 0.385. The maximum Gasteiger partial charge on any atom is 0.270 e. The number of non-ortho nitro benzene ring substituents is 1. The summed E-state index contributed by atoms with van der Waals surface area (Å²) in [5, 5.41) is 13.4. The van der Waals surface area contributed by atoms with Crippen LogP contribution in [-0.2, 0) is 4.79 Å². The average Bonchev–Trinajstić information content (AvgIpc) is 2.63. The van der Waals surface area contributed by atoms with E-state index in [0.717, 1.165) is 6.42 Å². The monoisotopic (exact) mass is 277 g/mol. The van der Waals surface area contributed by atoms with E-state index >= 15 is 0 Å². The highest BCUT2D eigenvalue weighted by molar-refractivity contribution is 5.98. The van der Waals surface area contributed by atoms with E-state index in [0.29, 0.717) is 18.7 Å². The largest absolute Gasteiger partial charge is 0.355 e. The van der Waals surface area contributed by atoms with Crippen LogP contribution in [0.1, 0.15) is 16.8 Å². The van der Waals surface area contributed by atoms with Crippen LogP contribution in [0, 0.1) is 10.1 Å². The van der Waals surface area contributed by atoms with Crippen LogP contribution in [0.15, 0.2) is 24.3 Å². The molecule has 7 nitrogen and oxygen atoms in total. The summed E-state index contributed by atoms with van der Waals surface area (Å²) in [6, 6.07) is 5.64. The van der Waals surface area contributed by atoms with E-state index in [1.165, 1.54) is 18.2 Å². The van der Waals surface area contributed by atoms with Crippen LogP contribution in [0.3, 0.4) is 0 Å². The van der Waals surface area contributed by atoms with Crippen molar-refractivity contribution in [3.8, 4) is 0 Å². The lowest BCUT2D eigenvalue weighted by Gasteiger charge is -2.17. The Hall–Kier alpha value is -2.28. The van der Waals surface area contributed by atoms with Crippen molar-refractivity contribution in [3.63, 3.8) is 0 Å². The molecule has 0 aliphatic carbocycles. The highest BCUT2D eigenvalue weighted by Gasteiger charge is 2.19. The van der Waals surface area contributed by atoms with Crippen LogP contribution in [0.25, 0.3) is 0 Å². The predicted octanol–water partition coefficient (Wildman–Crippen LogP) is 0.599. The zero-order valence-corrected chi connectivity index (χ0v) is 10.9. The molecule has 0 bridgehead atoms. The SMILES string of the molecule is O=C1CN(CC(=O)c2cccc([N+](=O)[O-])c2)CCCN1. The van der Waals surface area contributed by atoms with Gasteiger partial charge in [0.25, 0.3) is 5.69 Å². The van der Waals surface area contributed by atoms with Gasteiger partial charge in [-0.2, -0.15) is 0 Å². The first-order valence-electron chi connectivity index (χ1n) is 6.33. The second-order valence-electron chi connectivity index (χ2n) is 4.64. The molecular formula is C13H15N3O4. The standard InChI is InChI=1S/C13H15N3O4/c17-12(8-15-6-2-5-14-13(18)9-15)10-3-1-4-11(7-10)16(19)20/h1,3-4,7H,2,5-6,8-9H2,(H,14,18). The third-order valence-corrected chi connectivity index (χ3v) is 3.09. The van der Waals surface area contributed by atoms with Crippen LogP contribution in [0.2, 0.25) is 0 Å². The molecule has 1 heterocycles. The molecule has 1 fully saturated rings. The number of benzene rings is 1. The number of hydrogen-bond acceptors (Lipinski definition) is 5. The van der Waals surface area contributed by atoms with E-state index in [2.05, 4.69) is 5.32 Å². The number of rotatable bonds is 4. The van der Waals surface area contributed by atoms with E-state index in [-0.39, 0.29) is 30.5 Å². The fourth-order valence-electron chi connectivity index (χ4n) is 2.09. The molecular weight excluding hydrogens is 262 g/mol. The summed E-state index contributed by atoms with van der Waals surface area (Å²) >= 11 is 0. The normalized spacial score (nSPS) is 16.3. The van der Waals surface area contributed by atoms with Crippen LogP contribution in [0.4, 0.5) is 5.69 Å². The second kappa shape index (κ2) is 6.25. The van der Waals surface area contributed by atoms with Gasteiger partial charge in [-0.25, -0.2) is 0 Å². The Bertz CT molecular complexity index is 544. The number of hydrogen-bond donors (Lipinski definition) is 1. The molecule has 2 rings (SSSR count). The Morgan fingerprint density at radius 1 is 1.45 bits per heavy atom. The first-order valence-corrected chi connectivity index (χ1v) is 6.33. The molecule has 0 saturated carbocycles. The van der Waals surface area contributed by atoms with Gasteiger partial charge in [-0.3, -0.25) is 24.6 Å². The Kier molecular flexibility index (Phi) is 4.41. The van der Waals surface area contributed by atoms with Crippen molar-refractivity contribution < 1.29 is 14.5 Å². The molecule has 1 aromatic rings. The molecule has 20 heavy (non-hydrogen) atoms. The van der Waals surface area contributed by atoms with E-state index in [1.807, 2.05) is 0 Å². The lowest BCUT2D eigenvalue weighted by molar-refractivity contribution is -0.384. The van der Waals surface area contributed by atoms with Crippen LogP contribution in [-0.4, -0.2) is 47.7 Å². The zero-order chi connectivity index (χ0) is 14.5. The number of ketones is 1. The molecule has 7 heteroatoms. The van der Waals surface area contributed by atoms with Gasteiger partial charge in [-0.15, -0.1) is 0 Å². The summed E-state index contributed by atoms with van der Waals surface area (Å²) in [5.41, 5.74) is 0.188. The van der Waals surface area contributed by atoms with Crippen molar-refractivity contribution in [2.75, 3.05) is 26.2 Å². The number of nitrogens with zero attached hydrogens (tertiary/aromatic N) is 2. The minimum atomic E-state index is -0.532. The van der Waals surface area contributed by atoms with Gasteiger partial charge < -0.3 is 5.32 Å². The summed E-state index contributed by atoms with van der Waals surface area (Å²) in [5.74, 6) is -0.322. The lowest BCUT2D eigenvalue weighted by Crippen LogP contribution is -2.36. The minimum Gasteiger partial charge on any atom is -0.355 e. The van der Waals surface area contributed by atoms with Gasteiger partial charge >= 0.3 is 0 Å². The first-order chi connectivity index (χ1) is 9.56. The predicted molar refractivity (Wildman–Crippen MR) is 71.5 cm³/mol. The quantitative estimate of drug-likeness (QED) is 0.494. The summed E-state index contributed by atoms with van der Waals surface area (Å²) in [7, 11) is 0. The number of Topliss-reactive ketones (excluding diaryl/α,β-unsaturated/α-hetero) is 1. The van der Waals surface area contributed by atoms with Crippen molar-refractivity contribution in [1.29, 1.82) is 0 Å². The highest BCUT2D eigenvalue weighted by Crippen LogP contribution is 2.14. The zero-order valence-electron chi connectivity index (χ0n) is 10.9. The van der Waals surface area contributed by atoms with Crippen molar-refractivity contribution in [2.24, 2.45) is 0 Å². The van der Waals surface area contributed by atoms with Crippen molar-refractivity contribution >= 4 is 17.4 Å². The van der Waals surface area contributed by atoms with E-state index in [9.17, 15) is 19.7 Å². The van der Waals surface area contributed by atoms with E-state index in [4.69, 9.17) is 0 Å². The molecule has 0 unspecified atom stereocenters. The highest BCUT2D eigenvalue weighted by atomic mass is 16.6. The summed E-state index contributed by atoms with van der Waals surface area (Å²) in [4.78, 5) is 35.4. The van der Waals surface area contributed by atoms with Crippen molar-refractivity contribution in [3.05, 3.63) is 39.9 Å². The maximum atomic E-state index is 12.1. The number of nitro groups is 1. The van der Waals surface area contributed by atoms with Gasteiger partial charge in [0.05, 0.1) is 18.0 Å². The van der Waals surface area contributed by atoms with Crippen LogP contribution < -0.4 is 5.32 Å². The van der Waals surface area contributed by atoms with E-state index < -0.39 is 4.92 Å². The summed E-state index contributed by atoms with van der Waals surface area (Å²) in [6.45, 7) is 1.54. The molecule has 0 spiro atoms. The van der Waals surface area contributed by atoms with Gasteiger partial charge in [0, 0.05) is 30.8 Å². The topological polar surface area (TPSA) is 92.5 Å². The smallest absolute Gasteiger partial charge is 0.270 e. The Labute approximate surface area is 115 Å². The molecule has 1 saturated heterocycles. The lowest BCUT2D eigenvalue weighted by atomic mass is 10.1. The molecule has 106 valence electrons. The van der Waals surface area contributed by atoms with Gasteiger partial charge in [0.1, 0.15) is 0 Å². The molecule has 0 aromatic heterocycles. The molecule has 1 N–H and O–H groups in total. The molecule has 0 atom stereocenters. The Balaban J connectivity index is 2.05. The van der Waals surface area contributed by atoms with Gasteiger partial charge in [-0.1, -0.05) is 12.1 Å². The molecule has 1 aliphatic heterocycles. The van der Waals surface area contributed by atoms with Crippen molar-refractivity contribution in [2.45, 2.75) is 6.42 Å². The summed E-state index contributed by atoms with van der Waals surface area (Å²) < 4.78 is 0. The Morgan fingerprint density at radius 2 is 2.25 bits per heavy atom. The Morgan fingerprint density at radius 3 is 3.00 bits per heavy atom. The third kappa shape index (κ3) is 3.61. The molecule has 1 amide bonds. The second-order valence-corrected chi connectivity index (χ2v) is 4.64. The molecule has 0 radical (unpaired) electrons. The number of amides is 1. The van der Waals surface area contributed by atoms with Crippen LogP contribution >= 0.6 is 0 Å². The third-order valence-electron chi connectivity index (χ3n) is 3.09. The van der Waals surface area contributed by atoms with Gasteiger partial charge in [0.2, 0.25) is 5.91 Å². The minimum absolute atomic E-state index is 0.0919. The number of nitro benzene ring substituents is 1. The number of carbonyl (C=O) groups excluding carboxylic acids is 2. The number of carbonyl (C=O) groups is 2.